The molecular weight excluding hydrogens is 565 g/mol. The third kappa shape index (κ3) is 5.66. The molecule has 5 aliphatic rings. The number of nitrogens with zero attached hydrogens (tertiary/aromatic N) is 2. The molecule has 8 nitrogen and oxygen atoms in total. The van der Waals surface area contributed by atoms with Crippen molar-refractivity contribution in [1.82, 2.24) is 15.4 Å². The number of hydrogen-bond donors (Lipinski definition) is 1. The van der Waals surface area contributed by atoms with Crippen LogP contribution in [0.15, 0.2) is 66.9 Å². The second kappa shape index (κ2) is 12.0. The molecule has 7 atom stereocenters. The van der Waals surface area contributed by atoms with Crippen LogP contribution in [0.3, 0.4) is 0 Å². The highest BCUT2D eigenvalue weighted by Gasteiger charge is 2.69. The summed E-state index contributed by atoms with van der Waals surface area (Å²) in [5.74, 6) is 2.04. The first-order valence-corrected chi connectivity index (χ1v) is 16.7. The van der Waals surface area contributed by atoms with Crippen molar-refractivity contribution in [3.63, 3.8) is 0 Å². The summed E-state index contributed by atoms with van der Waals surface area (Å²) in [6, 6.07) is 19.5. The lowest BCUT2D eigenvalue weighted by atomic mass is 9.43. The van der Waals surface area contributed by atoms with E-state index in [1.807, 2.05) is 60.7 Å². The van der Waals surface area contributed by atoms with Crippen molar-refractivity contribution in [3.8, 4) is 5.75 Å². The van der Waals surface area contributed by atoms with Crippen LogP contribution >= 0.6 is 0 Å². The largest absolute Gasteiger partial charge is 0.491 e. The maximum atomic E-state index is 13.5. The number of ether oxygens (including phenoxy) is 1. The number of aromatic nitrogens is 1. The molecule has 0 radical (unpaired) electrons. The smallest absolute Gasteiger partial charge is 0.478 e. The van der Waals surface area contributed by atoms with Crippen LogP contribution in [0.2, 0.25) is 0 Å². The van der Waals surface area contributed by atoms with Gasteiger partial charge in [0.25, 0.3) is 5.91 Å². The molecule has 1 N–H and O–H groups in total. The Kier molecular flexibility index (Phi) is 8.17. The van der Waals surface area contributed by atoms with E-state index in [1.54, 1.807) is 6.20 Å². The van der Waals surface area contributed by atoms with Crippen molar-refractivity contribution < 1.29 is 23.7 Å². The number of hydrogen-bond acceptors (Lipinski definition) is 7. The van der Waals surface area contributed by atoms with E-state index in [9.17, 15) is 4.79 Å². The van der Waals surface area contributed by atoms with Crippen LogP contribution < -0.4 is 10.1 Å². The van der Waals surface area contributed by atoms with Crippen LogP contribution in [0.1, 0.15) is 70.8 Å². The summed E-state index contributed by atoms with van der Waals surface area (Å²) >= 11 is 0. The molecule has 3 saturated carbocycles. The quantitative estimate of drug-likeness (QED) is 0.278. The van der Waals surface area contributed by atoms with Gasteiger partial charge in [0.05, 0.1) is 23.7 Å². The molecule has 2 saturated heterocycles. The Hall–Kier alpha value is -2.98. The number of nitrogens with one attached hydrogen (secondary N) is 1. The van der Waals surface area contributed by atoms with Gasteiger partial charge in [-0.15, -0.1) is 0 Å². The van der Waals surface area contributed by atoms with Gasteiger partial charge in [0.2, 0.25) is 0 Å². The summed E-state index contributed by atoms with van der Waals surface area (Å²) in [6.45, 7) is 12.3. The highest BCUT2D eigenvalue weighted by atomic mass is 16.7. The zero-order chi connectivity index (χ0) is 31.3. The van der Waals surface area contributed by atoms with E-state index < -0.39 is 7.12 Å². The minimum absolute atomic E-state index is 0.0874. The Balaban J connectivity index is 1.12. The van der Waals surface area contributed by atoms with Crippen LogP contribution in [0.25, 0.3) is 10.8 Å². The number of pyridine rings is 1. The number of carbonyl (C=O) groups is 1. The fourth-order valence-corrected chi connectivity index (χ4v) is 8.51. The lowest BCUT2D eigenvalue weighted by Crippen LogP contribution is -2.65. The summed E-state index contributed by atoms with van der Waals surface area (Å²) in [4.78, 5) is 24.7. The second-order valence-corrected chi connectivity index (χ2v) is 14.7. The van der Waals surface area contributed by atoms with Crippen molar-refractivity contribution in [2.75, 3.05) is 13.2 Å². The standard InChI is InChI=1S/C36H46BN3O5/c1-23(2)17-32(37-43-31-19-25-18-30(35(25,3)4)36(31,5)45-37)40-26(20-28(44-40)22-42-27-12-7-6-8-13-27)21-39-34(41)33-29-14-10-9-11-24(29)15-16-38-33/h6-16,23,25-26,28,30-32H,17-22H2,1-5H3,(H,39,41)/t25-,26?,28?,30-,31+,32-,36-/m0/s1. The number of para-hydroxylation sites is 1. The first kappa shape index (κ1) is 30.7. The van der Waals surface area contributed by atoms with E-state index >= 15 is 0 Å². The van der Waals surface area contributed by atoms with Gasteiger partial charge in [-0.2, -0.15) is 5.06 Å². The predicted octanol–water partition coefficient (Wildman–Crippen LogP) is 6.10. The van der Waals surface area contributed by atoms with Crippen LogP contribution in [-0.2, 0) is 14.1 Å². The monoisotopic (exact) mass is 611 g/mol. The first-order chi connectivity index (χ1) is 21.6. The highest BCUT2D eigenvalue weighted by molar-refractivity contribution is 6.47. The van der Waals surface area contributed by atoms with Crippen LogP contribution in [0, 0.1) is 23.2 Å². The van der Waals surface area contributed by atoms with Crippen molar-refractivity contribution in [3.05, 3.63) is 72.6 Å². The van der Waals surface area contributed by atoms with Crippen LogP contribution in [-0.4, -0.2) is 66.0 Å². The van der Waals surface area contributed by atoms with Crippen molar-refractivity contribution >= 4 is 23.8 Å². The normalized spacial score (nSPS) is 31.1. The molecule has 238 valence electrons. The van der Waals surface area contributed by atoms with Gasteiger partial charge < -0.3 is 19.4 Å². The number of amides is 1. The predicted molar refractivity (Wildman–Crippen MR) is 174 cm³/mol. The molecule has 9 heteroatoms. The van der Waals surface area contributed by atoms with E-state index in [1.165, 1.54) is 6.42 Å². The molecule has 3 heterocycles. The molecule has 2 aliphatic heterocycles. The van der Waals surface area contributed by atoms with Crippen LogP contribution in [0.4, 0.5) is 0 Å². The number of hydroxylamine groups is 2. The van der Waals surface area contributed by atoms with Gasteiger partial charge in [0, 0.05) is 18.1 Å². The molecule has 0 spiro atoms. The Morgan fingerprint density at radius 3 is 2.62 bits per heavy atom. The van der Waals surface area contributed by atoms with Crippen molar-refractivity contribution in [2.24, 2.45) is 23.2 Å². The fraction of sp³-hybridized carbons (Fsp3) is 0.556. The third-order valence-corrected chi connectivity index (χ3v) is 11.1. The summed E-state index contributed by atoms with van der Waals surface area (Å²) < 4.78 is 20.0. The van der Waals surface area contributed by atoms with Gasteiger partial charge >= 0.3 is 7.12 Å². The zero-order valence-electron chi connectivity index (χ0n) is 27.1. The number of rotatable bonds is 10. The van der Waals surface area contributed by atoms with E-state index in [2.05, 4.69) is 50.0 Å². The lowest BCUT2D eigenvalue weighted by molar-refractivity contribution is -0.201. The van der Waals surface area contributed by atoms with Crippen molar-refractivity contribution in [1.29, 1.82) is 0 Å². The SMILES string of the molecule is CC(C)C[C@@H](B1O[C@@H]2C[C@@H]3C[C@@H](C3(C)C)[C@]2(C)O1)N1OC(COc2ccccc2)CC1CNC(=O)c1nccc2ccccc12. The Morgan fingerprint density at radius 2 is 1.84 bits per heavy atom. The summed E-state index contributed by atoms with van der Waals surface area (Å²) in [6.07, 6.45) is 5.39. The Morgan fingerprint density at radius 1 is 1.07 bits per heavy atom. The maximum absolute atomic E-state index is 13.5. The Bertz CT molecular complexity index is 1520. The molecule has 3 aromatic rings. The minimum atomic E-state index is -0.413. The van der Waals surface area contributed by atoms with Gasteiger partial charge in [-0.3, -0.25) is 14.6 Å². The second-order valence-electron chi connectivity index (χ2n) is 14.7. The molecule has 3 aliphatic carbocycles. The summed E-state index contributed by atoms with van der Waals surface area (Å²) in [7, 11) is -0.413. The molecule has 1 aromatic heterocycles. The zero-order valence-corrected chi connectivity index (χ0v) is 27.1. The topological polar surface area (TPSA) is 82.2 Å². The molecule has 2 unspecified atom stereocenters. The molecule has 45 heavy (non-hydrogen) atoms. The highest BCUT2D eigenvalue weighted by Crippen LogP contribution is 2.66. The van der Waals surface area contributed by atoms with E-state index in [-0.39, 0.29) is 41.1 Å². The lowest BCUT2D eigenvalue weighted by Gasteiger charge is -2.64. The number of fused-ring (bicyclic) bond motifs is 1. The van der Waals surface area contributed by atoms with Crippen molar-refractivity contribution in [2.45, 2.75) is 90.1 Å². The van der Waals surface area contributed by atoms with Gasteiger partial charge in [-0.25, -0.2) is 0 Å². The number of benzene rings is 2. The molecule has 5 fully saturated rings. The average molecular weight is 612 g/mol. The van der Waals surface area contributed by atoms with E-state index in [4.69, 9.17) is 18.9 Å². The summed E-state index contributed by atoms with van der Waals surface area (Å²) in [5, 5.41) is 7.10. The minimum Gasteiger partial charge on any atom is -0.491 e. The van der Waals surface area contributed by atoms with Gasteiger partial charge in [-0.05, 0) is 79.4 Å². The van der Waals surface area contributed by atoms with E-state index in [0.717, 1.165) is 29.4 Å². The molecule has 2 bridgehead atoms. The van der Waals surface area contributed by atoms with Gasteiger partial charge in [0.1, 0.15) is 24.2 Å². The van der Waals surface area contributed by atoms with Gasteiger partial charge in [-0.1, -0.05) is 70.2 Å². The fourth-order valence-electron chi connectivity index (χ4n) is 8.51. The average Bonchev–Trinajstić information content (AvgIpc) is 3.61. The Labute approximate surface area is 267 Å². The molecule has 2 aromatic carbocycles. The maximum Gasteiger partial charge on any atom is 0.478 e. The third-order valence-electron chi connectivity index (χ3n) is 11.1. The summed E-state index contributed by atoms with van der Waals surface area (Å²) in [5.41, 5.74) is 0.392. The molecular formula is C36H46BN3O5. The van der Waals surface area contributed by atoms with Crippen LogP contribution in [0.5, 0.6) is 5.75 Å². The molecule has 1 amide bonds. The number of carbonyl (C=O) groups excluding carboxylic acids is 1. The molecule has 8 rings (SSSR count). The first-order valence-electron chi connectivity index (χ1n) is 16.7. The van der Waals surface area contributed by atoms with E-state index in [0.29, 0.717) is 43.0 Å². The van der Waals surface area contributed by atoms with Gasteiger partial charge in [0.15, 0.2) is 0 Å².